The van der Waals surface area contributed by atoms with Gasteiger partial charge in [0.1, 0.15) is 11.6 Å². The van der Waals surface area contributed by atoms with E-state index in [0.717, 1.165) is 56.2 Å². The number of piperidine rings is 1. The molecule has 0 unspecified atom stereocenters. The molecule has 0 aliphatic carbocycles. The minimum atomic E-state index is -0.941. The molecule has 0 spiro atoms. The zero-order valence-corrected chi connectivity index (χ0v) is 19.6. The molecule has 5 rings (SSSR count). The Labute approximate surface area is 204 Å². The summed E-state index contributed by atoms with van der Waals surface area (Å²) in [5.74, 6) is 0.0614. The van der Waals surface area contributed by atoms with Crippen LogP contribution in [-0.4, -0.2) is 71.5 Å². The van der Waals surface area contributed by atoms with Gasteiger partial charge >= 0.3 is 0 Å². The first-order valence-corrected chi connectivity index (χ1v) is 12.1. The predicted octanol–water partition coefficient (Wildman–Crippen LogP) is 3.49. The molecule has 2 aliphatic heterocycles. The quantitative estimate of drug-likeness (QED) is 0.544. The molecule has 8 heteroatoms. The smallest absolute Gasteiger partial charge is 0.237 e. The van der Waals surface area contributed by atoms with Gasteiger partial charge in [-0.1, -0.05) is 24.3 Å². The molecule has 35 heavy (non-hydrogen) atoms. The van der Waals surface area contributed by atoms with Gasteiger partial charge in [0.2, 0.25) is 11.9 Å². The van der Waals surface area contributed by atoms with Crippen molar-refractivity contribution in [3.05, 3.63) is 89.8 Å². The number of hydrogen-bond donors (Lipinski definition) is 0. The zero-order valence-electron chi connectivity index (χ0n) is 19.6. The Morgan fingerprint density at radius 1 is 0.771 bits per heavy atom. The summed E-state index contributed by atoms with van der Waals surface area (Å²) < 4.78 is 27.4. The Bertz CT molecular complexity index is 1090. The number of amides is 1. The van der Waals surface area contributed by atoms with Crippen LogP contribution in [0.2, 0.25) is 0 Å². The highest BCUT2D eigenvalue weighted by molar-refractivity contribution is 5.93. The Balaban J connectivity index is 1.30. The highest BCUT2D eigenvalue weighted by Crippen LogP contribution is 2.41. The van der Waals surface area contributed by atoms with Gasteiger partial charge in [0.25, 0.3) is 0 Å². The third-order valence-corrected chi connectivity index (χ3v) is 7.20. The van der Waals surface area contributed by atoms with Gasteiger partial charge in [0.05, 0.1) is 5.41 Å². The van der Waals surface area contributed by atoms with Crippen LogP contribution in [-0.2, 0) is 10.2 Å². The topological polar surface area (TPSA) is 52.6 Å². The Hall–Kier alpha value is -3.39. The summed E-state index contributed by atoms with van der Waals surface area (Å²) in [6, 6.07) is 14.1. The number of likely N-dealkylation sites (tertiary alicyclic amines) is 1. The molecule has 3 heterocycles. The van der Waals surface area contributed by atoms with Crippen LogP contribution < -0.4 is 4.90 Å². The van der Waals surface area contributed by atoms with Crippen molar-refractivity contribution >= 4 is 11.9 Å². The summed E-state index contributed by atoms with van der Waals surface area (Å²) in [7, 11) is 0. The van der Waals surface area contributed by atoms with Crippen molar-refractivity contribution < 1.29 is 13.6 Å². The van der Waals surface area contributed by atoms with Gasteiger partial charge in [-0.15, -0.1) is 0 Å². The van der Waals surface area contributed by atoms with Crippen LogP contribution in [0.3, 0.4) is 0 Å². The minimum absolute atomic E-state index is 0.00159. The number of carbonyl (C=O) groups excluding carboxylic acids is 1. The van der Waals surface area contributed by atoms with Gasteiger partial charge in [0, 0.05) is 58.2 Å². The summed E-state index contributed by atoms with van der Waals surface area (Å²) in [6.45, 7) is 5.51. The maximum atomic E-state index is 14.0. The van der Waals surface area contributed by atoms with Crippen molar-refractivity contribution in [2.24, 2.45) is 0 Å². The summed E-state index contributed by atoms with van der Waals surface area (Å²) in [5, 5.41) is 0. The average Bonchev–Trinajstić information content (AvgIpc) is 2.90. The van der Waals surface area contributed by atoms with Crippen LogP contribution in [0.5, 0.6) is 0 Å². The van der Waals surface area contributed by atoms with E-state index in [2.05, 4.69) is 19.8 Å². The van der Waals surface area contributed by atoms with E-state index in [4.69, 9.17) is 0 Å². The third-order valence-electron chi connectivity index (χ3n) is 7.20. The van der Waals surface area contributed by atoms with Crippen molar-refractivity contribution in [3.63, 3.8) is 0 Å². The third kappa shape index (κ3) is 4.75. The number of benzene rings is 2. The summed E-state index contributed by atoms with van der Waals surface area (Å²) in [4.78, 5) is 29.2. The molecule has 182 valence electrons. The molecule has 2 aromatic carbocycles. The zero-order chi connectivity index (χ0) is 24.3. The van der Waals surface area contributed by atoms with Gasteiger partial charge in [-0.25, -0.2) is 18.7 Å². The summed E-state index contributed by atoms with van der Waals surface area (Å²) in [5.41, 5.74) is 0.552. The van der Waals surface area contributed by atoms with Crippen molar-refractivity contribution in [1.82, 2.24) is 19.8 Å². The molecule has 1 aromatic heterocycles. The van der Waals surface area contributed by atoms with E-state index in [1.807, 2.05) is 11.0 Å². The fraction of sp³-hybridized carbons (Fsp3) is 0.370. The molecule has 2 aliphatic rings. The summed E-state index contributed by atoms with van der Waals surface area (Å²) in [6.07, 6.45) is 4.94. The molecule has 3 aromatic rings. The number of aromatic nitrogens is 2. The average molecular weight is 478 g/mol. The summed E-state index contributed by atoms with van der Waals surface area (Å²) >= 11 is 0. The number of piperazine rings is 1. The van der Waals surface area contributed by atoms with Gasteiger partial charge in [-0.05, 0) is 54.3 Å². The second kappa shape index (κ2) is 10.1. The standard InChI is InChI=1S/C27H29F2N5O/c28-23-7-3-21(4-8-23)27(22-5-9-24(29)10-6-22)11-1-14-33(25(27)35)18-15-32-16-19-34(20-17-32)26-30-12-2-13-31-26/h2-10,12-13H,1,11,14-20H2. The van der Waals surface area contributed by atoms with E-state index in [1.165, 1.54) is 24.3 Å². The number of carbonyl (C=O) groups is 1. The SMILES string of the molecule is O=C1N(CCN2CCN(c3ncccn3)CC2)CCCC1(c1ccc(F)cc1)c1ccc(F)cc1. The van der Waals surface area contributed by atoms with Crippen molar-refractivity contribution in [2.75, 3.05) is 50.7 Å². The number of halogens is 2. The molecule has 0 bridgehead atoms. The molecule has 1 amide bonds. The van der Waals surface area contributed by atoms with Crippen LogP contribution >= 0.6 is 0 Å². The maximum absolute atomic E-state index is 14.0. The first-order chi connectivity index (χ1) is 17.1. The van der Waals surface area contributed by atoms with Crippen LogP contribution in [0, 0.1) is 11.6 Å². The Kier molecular flexibility index (Phi) is 6.72. The van der Waals surface area contributed by atoms with E-state index in [-0.39, 0.29) is 17.5 Å². The van der Waals surface area contributed by atoms with Crippen LogP contribution in [0.1, 0.15) is 24.0 Å². The largest absolute Gasteiger partial charge is 0.340 e. The van der Waals surface area contributed by atoms with Gasteiger partial charge < -0.3 is 9.80 Å². The first kappa shape index (κ1) is 23.4. The van der Waals surface area contributed by atoms with Gasteiger partial charge in [0.15, 0.2) is 0 Å². The van der Waals surface area contributed by atoms with E-state index >= 15 is 0 Å². The van der Waals surface area contributed by atoms with Gasteiger partial charge in [-0.3, -0.25) is 9.69 Å². The van der Waals surface area contributed by atoms with Crippen LogP contribution in [0.15, 0.2) is 67.0 Å². The lowest BCUT2D eigenvalue weighted by atomic mass is 9.68. The van der Waals surface area contributed by atoms with E-state index < -0.39 is 5.41 Å². The second-order valence-corrected chi connectivity index (χ2v) is 9.19. The molecule has 2 saturated heterocycles. The molecule has 0 N–H and O–H groups in total. The second-order valence-electron chi connectivity index (χ2n) is 9.19. The molecule has 0 saturated carbocycles. The molecule has 0 atom stereocenters. The number of hydrogen-bond acceptors (Lipinski definition) is 5. The monoisotopic (exact) mass is 477 g/mol. The first-order valence-electron chi connectivity index (χ1n) is 12.1. The Morgan fingerprint density at radius 3 is 1.91 bits per heavy atom. The number of nitrogens with zero attached hydrogens (tertiary/aromatic N) is 5. The lowest BCUT2D eigenvalue weighted by Crippen LogP contribution is -2.55. The fourth-order valence-corrected chi connectivity index (χ4v) is 5.29. The maximum Gasteiger partial charge on any atom is 0.237 e. The molecule has 0 radical (unpaired) electrons. The van der Waals surface area contributed by atoms with E-state index in [9.17, 15) is 13.6 Å². The minimum Gasteiger partial charge on any atom is -0.340 e. The molecule has 2 fully saturated rings. The van der Waals surface area contributed by atoms with Crippen molar-refractivity contribution in [2.45, 2.75) is 18.3 Å². The normalized spacial score (nSPS) is 18.6. The molecule has 6 nitrogen and oxygen atoms in total. The van der Waals surface area contributed by atoms with Crippen LogP contribution in [0.4, 0.5) is 14.7 Å². The lowest BCUT2D eigenvalue weighted by molar-refractivity contribution is -0.139. The highest BCUT2D eigenvalue weighted by Gasteiger charge is 2.46. The predicted molar refractivity (Wildman–Crippen MR) is 130 cm³/mol. The highest BCUT2D eigenvalue weighted by atomic mass is 19.1. The Morgan fingerprint density at radius 2 is 1.34 bits per heavy atom. The molecular weight excluding hydrogens is 448 g/mol. The van der Waals surface area contributed by atoms with Gasteiger partial charge in [-0.2, -0.15) is 0 Å². The van der Waals surface area contributed by atoms with Crippen LogP contribution in [0.25, 0.3) is 0 Å². The van der Waals surface area contributed by atoms with Crippen molar-refractivity contribution in [1.29, 1.82) is 0 Å². The van der Waals surface area contributed by atoms with Crippen molar-refractivity contribution in [3.8, 4) is 0 Å². The fourth-order valence-electron chi connectivity index (χ4n) is 5.29. The molecular formula is C27H29F2N5O. The number of rotatable bonds is 6. The van der Waals surface area contributed by atoms with E-state index in [1.54, 1.807) is 36.7 Å². The van der Waals surface area contributed by atoms with E-state index in [0.29, 0.717) is 19.5 Å². The lowest BCUT2D eigenvalue weighted by Gasteiger charge is -2.43. The number of anilines is 1.